The summed E-state index contributed by atoms with van der Waals surface area (Å²) in [6.07, 6.45) is 2.73. The second kappa shape index (κ2) is 9.12. The molecular formula is C28H25N5S. The largest absolute Gasteiger partial charge is 0.353 e. The van der Waals surface area contributed by atoms with Crippen LogP contribution in [0.4, 0.5) is 5.82 Å². The van der Waals surface area contributed by atoms with Gasteiger partial charge in [0.2, 0.25) is 0 Å². The lowest BCUT2D eigenvalue weighted by Gasteiger charge is -2.35. The van der Waals surface area contributed by atoms with Crippen LogP contribution in [0.1, 0.15) is 17.4 Å². The molecule has 0 bridgehead atoms. The standard InChI is InChI=1S/C28H25N5S/c1-2-22-17-24-27(29-19-30-28(24)34-22)33-14-12-32(13-15-33)18-21-16-26(20-8-4-3-5-9-20)31-25-11-7-6-10-23(21)25/h3-11,16-17,19H,2,12-15H2,1H3. The van der Waals surface area contributed by atoms with Crippen LogP contribution in [0.15, 0.2) is 73.1 Å². The van der Waals surface area contributed by atoms with Crippen LogP contribution in [-0.2, 0) is 6.42 Å². The number of hydrogen-bond acceptors (Lipinski definition) is 6. The number of thiophene rings is 1. The van der Waals surface area contributed by atoms with Crippen molar-refractivity contribution in [2.45, 2.75) is 13.3 Å². The maximum Gasteiger partial charge on any atom is 0.140 e. The van der Waals surface area contributed by atoms with E-state index in [1.54, 1.807) is 17.7 Å². The van der Waals surface area contributed by atoms with Crippen LogP contribution in [-0.4, -0.2) is 46.0 Å². The van der Waals surface area contributed by atoms with Gasteiger partial charge in [-0.05, 0) is 30.2 Å². The molecule has 168 valence electrons. The maximum absolute atomic E-state index is 4.91. The molecule has 5 aromatic rings. The minimum atomic E-state index is 0.896. The van der Waals surface area contributed by atoms with Crippen molar-refractivity contribution in [3.63, 3.8) is 0 Å². The van der Waals surface area contributed by atoms with Crippen molar-refractivity contribution in [1.29, 1.82) is 0 Å². The molecule has 0 saturated carbocycles. The quantitative estimate of drug-likeness (QED) is 0.336. The fourth-order valence-corrected chi connectivity index (χ4v) is 5.47. The van der Waals surface area contributed by atoms with Gasteiger partial charge < -0.3 is 4.90 Å². The first-order chi connectivity index (χ1) is 16.8. The van der Waals surface area contributed by atoms with E-state index in [-0.39, 0.29) is 0 Å². The van der Waals surface area contributed by atoms with Gasteiger partial charge in [0, 0.05) is 42.0 Å². The van der Waals surface area contributed by atoms with E-state index in [0.717, 1.165) is 71.0 Å². The highest BCUT2D eigenvalue weighted by molar-refractivity contribution is 7.18. The number of para-hydroxylation sites is 1. The van der Waals surface area contributed by atoms with Gasteiger partial charge >= 0.3 is 0 Å². The minimum absolute atomic E-state index is 0.896. The fraction of sp³-hybridized carbons (Fsp3) is 0.214. The normalized spacial score (nSPS) is 14.8. The van der Waals surface area contributed by atoms with Gasteiger partial charge in [0.05, 0.1) is 23.1 Å². The number of rotatable bonds is 5. The summed E-state index contributed by atoms with van der Waals surface area (Å²) in [7, 11) is 0. The summed E-state index contributed by atoms with van der Waals surface area (Å²) in [4.78, 5) is 21.2. The van der Waals surface area contributed by atoms with Crippen LogP contribution in [0.25, 0.3) is 32.4 Å². The smallest absolute Gasteiger partial charge is 0.140 e. The summed E-state index contributed by atoms with van der Waals surface area (Å²) < 4.78 is 0. The van der Waals surface area contributed by atoms with E-state index < -0.39 is 0 Å². The average Bonchev–Trinajstić information content (AvgIpc) is 3.33. The molecule has 0 unspecified atom stereocenters. The van der Waals surface area contributed by atoms with Crippen LogP contribution >= 0.6 is 11.3 Å². The highest BCUT2D eigenvalue weighted by atomic mass is 32.1. The van der Waals surface area contributed by atoms with E-state index in [4.69, 9.17) is 4.98 Å². The second-order valence-electron chi connectivity index (χ2n) is 8.51. The van der Waals surface area contributed by atoms with Crippen molar-refractivity contribution >= 4 is 38.3 Å². The Morgan fingerprint density at radius 1 is 0.882 bits per heavy atom. The van der Waals surface area contributed by atoms with Gasteiger partial charge in [0.25, 0.3) is 0 Å². The Bertz CT molecular complexity index is 1440. The molecule has 0 N–H and O–H groups in total. The van der Waals surface area contributed by atoms with Crippen LogP contribution in [0.5, 0.6) is 0 Å². The Morgan fingerprint density at radius 3 is 2.50 bits per heavy atom. The lowest BCUT2D eigenvalue weighted by molar-refractivity contribution is 0.321. The molecule has 4 heterocycles. The monoisotopic (exact) mass is 463 g/mol. The SMILES string of the molecule is CCc1cc2c(N3CCN([C]c4cc(-c5ccccc5)nc5ccccc45)CC3)ncnc2s1. The number of aromatic nitrogens is 3. The van der Waals surface area contributed by atoms with Gasteiger partial charge in [-0.15, -0.1) is 11.3 Å². The van der Waals surface area contributed by atoms with Gasteiger partial charge in [-0.3, -0.25) is 4.90 Å². The molecule has 3 aromatic heterocycles. The molecule has 1 aliphatic rings. The fourth-order valence-electron chi connectivity index (χ4n) is 4.54. The molecule has 0 spiro atoms. The molecule has 2 aromatic carbocycles. The van der Waals surface area contributed by atoms with Crippen molar-refractivity contribution < 1.29 is 0 Å². The van der Waals surface area contributed by atoms with Gasteiger partial charge in [0.15, 0.2) is 0 Å². The molecule has 1 saturated heterocycles. The lowest BCUT2D eigenvalue weighted by Crippen LogP contribution is -2.45. The van der Waals surface area contributed by atoms with Crippen molar-refractivity contribution in [3.8, 4) is 11.3 Å². The molecule has 0 atom stereocenters. The summed E-state index contributed by atoms with van der Waals surface area (Å²) in [5.74, 6) is 1.06. The lowest BCUT2D eigenvalue weighted by atomic mass is 10.0. The first kappa shape index (κ1) is 21.2. The molecule has 6 rings (SSSR count). The van der Waals surface area contributed by atoms with Crippen LogP contribution in [0.2, 0.25) is 0 Å². The minimum Gasteiger partial charge on any atom is -0.353 e. The molecule has 0 amide bonds. The predicted octanol–water partition coefficient (Wildman–Crippen LogP) is 5.68. The van der Waals surface area contributed by atoms with E-state index in [1.165, 1.54) is 10.3 Å². The molecule has 34 heavy (non-hydrogen) atoms. The third kappa shape index (κ3) is 4.04. The third-order valence-corrected chi connectivity index (χ3v) is 7.54. The number of pyridine rings is 1. The predicted molar refractivity (Wildman–Crippen MR) is 140 cm³/mol. The average molecular weight is 464 g/mol. The Hall–Kier alpha value is -3.35. The molecule has 6 heteroatoms. The number of anilines is 1. The first-order valence-electron chi connectivity index (χ1n) is 11.7. The zero-order chi connectivity index (χ0) is 22.9. The van der Waals surface area contributed by atoms with E-state index in [1.807, 2.05) is 12.1 Å². The van der Waals surface area contributed by atoms with Crippen molar-refractivity contribution in [2.75, 3.05) is 31.1 Å². The van der Waals surface area contributed by atoms with Crippen molar-refractivity contribution in [1.82, 2.24) is 19.9 Å². The zero-order valence-corrected chi connectivity index (χ0v) is 19.9. The Balaban J connectivity index is 1.24. The van der Waals surface area contributed by atoms with Gasteiger partial charge in [-0.25, -0.2) is 15.0 Å². The molecule has 1 aliphatic heterocycles. The first-order valence-corrected chi connectivity index (χ1v) is 12.6. The van der Waals surface area contributed by atoms with Gasteiger partial charge in [-0.2, -0.15) is 0 Å². The van der Waals surface area contributed by atoms with Gasteiger partial charge in [-0.1, -0.05) is 55.5 Å². The number of nitrogens with zero attached hydrogens (tertiary/aromatic N) is 5. The Kier molecular flexibility index (Phi) is 5.69. The molecule has 0 aliphatic carbocycles. The molecule has 1 fully saturated rings. The number of hydrogen-bond donors (Lipinski definition) is 0. The van der Waals surface area contributed by atoms with Crippen molar-refractivity contribution in [2.24, 2.45) is 0 Å². The zero-order valence-electron chi connectivity index (χ0n) is 19.1. The van der Waals surface area contributed by atoms with Crippen LogP contribution in [0, 0.1) is 6.54 Å². The Labute approximate surface area is 203 Å². The topological polar surface area (TPSA) is 45.2 Å². The van der Waals surface area contributed by atoms with E-state index in [2.05, 4.69) is 87.8 Å². The highest BCUT2D eigenvalue weighted by Crippen LogP contribution is 2.32. The number of aryl methyl sites for hydroxylation is 1. The molecule has 2 radical (unpaired) electrons. The van der Waals surface area contributed by atoms with E-state index in [0.29, 0.717) is 0 Å². The molecular weight excluding hydrogens is 438 g/mol. The van der Waals surface area contributed by atoms with Gasteiger partial charge in [0.1, 0.15) is 17.0 Å². The summed E-state index contributed by atoms with van der Waals surface area (Å²) in [6.45, 7) is 9.49. The highest BCUT2D eigenvalue weighted by Gasteiger charge is 2.22. The number of fused-ring (bicyclic) bond motifs is 2. The van der Waals surface area contributed by atoms with Crippen molar-refractivity contribution in [3.05, 3.63) is 90.0 Å². The van der Waals surface area contributed by atoms with Crippen LogP contribution in [0.3, 0.4) is 0 Å². The second-order valence-corrected chi connectivity index (χ2v) is 9.62. The third-order valence-electron chi connectivity index (χ3n) is 6.35. The Morgan fingerprint density at radius 2 is 1.68 bits per heavy atom. The summed E-state index contributed by atoms with van der Waals surface area (Å²) in [6, 6.07) is 23.1. The van der Waals surface area contributed by atoms with Crippen LogP contribution < -0.4 is 4.90 Å². The summed E-state index contributed by atoms with van der Waals surface area (Å²) in [5.41, 5.74) is 4.19. The van der Waals surface area contributed by atoms with E-state index in [9.17, 15) is 0 Å². The van der Waals surface area contributed by atoms with E-state index >= 15 is 0 Å². The maximum atomic E-state index is 4.91. The summed E-state index contributed by atoms with van der Waals surface area (Å²) in [5, 5.41) is 2.31. The number of benzene rings is 2. The number of piperazine rings is 1. The summed E-state index contributed by atoms with van der Waals surface area (Å²) >= 11 is 1.77. The molecule has 5 nitrogen and oxygen atoms in total.